The molecule has 35 heavy (non-hydrogen) atoms. The van der Waals surface area contributed by atoms with Crippen molar-refractivity contribution in [2.75, 3.05) is 6.61 Å². The number of ether oxygens (including phenoxy) is 2. The number of carbonyl (C=O) groups excluding carboxylic acids is 2. The van der Waals surface area contributed by atoms with Gasteiger partial charge in [-0.05, 0) is 25.5 Å². The van der Waals surface area contributed by atoms with E-state index in [1.54, 1.807) is 6.07 Å². The van der Waals surface area contributed by atoms with Crippen LogP contribution in [0.1, 0.15) is 124 Å². The van der Waals surface area contributed by atoms with Crippen LogP contribution < -0.4 is 29.6 Å². The number of esters is 2. The summed E-state index contributed by atoms with van der Waals surface area (Å²) in [6.07, 6.45) is 17.3. The second-order valence-electron chi connectivity index (χ2n) is 8.74. The molecule has 1 atom stereocenters. The summed E-state index contributed by atoms with van der Waals surface area (Å²) in [6.45, 7) is 3.45. The van der Waals surface area contributed by atoms with Gasteiger partial charge in [0.25, 0.3) is 0 Å². The van der Waals surface area contributed by atoms with Gasteiger partial charge in [0.15, 0.2) is 5.44 Å². The van der Waals surface area contributed by atoms with Crippen LogP contribution in [0.4, 0.5) is 0 Å². The van der Waals surface area contributed by atoms with Crippen LogP contribution >= 0.6 is 0 Å². The largest absolute Gasteiger partial charge is 1.00 e. The first kappa shape index (κ1) is 34.1. The van der Waals surface area contributed by atoms with Crippen molar-refractivity contribution < 1.29 is 61.6 Å². The maximum absolute atomic E-state index is 12.4. The Kier molecular flexibility index (Phi) is 19.6. The molecule has 194 valence electrons. The Hall–Kier alpha value is -0.930. The molecule has 0 spiro atoms. The van der Waals surface area contributed by atoms with E-state index in [0.717, 1.165) is 26.2 Å². The minimum absolute atomic E-state index is 0. The van der Waals surface area contributed by atoms with E-state index < -0.39 is 27.5 Å². The molecule has 0 saturated carbocycles. The molecule has 0 amide bonds. The van der Waals surface area contributed by atoms with E-state index in [1.807, 2.05) is 0 Å². The average molecular weight is 521 g/mol. The molecule has 0 N–H and O–H groups in total. The van der Waals surface area contributed by atoms with Crippen LogP contribution in [0.3, 0.4) is 0 Å². The van der Waals surface area contributed by atoms with E-state index in [1.165, 1.54) is 88.8 Å². The molecule has 9 heteroatoms. The van der Waals surface area contributed by atoms with Gasteiger partial charge in [-0.3, -0.25) is 0 Å². The summed E-state index contributed by atoms with van der Waals surface area (Å²) in [5, 5.41) is 0. The van der Waals surface area contributed by atoms with Gasteiger partial charge in [-0.2, -0.15) is 0 Å². The zero-order chi connectivity index (χ0) is 25.2. The molecule has 0 aliphatic carbocycles. The molecule has 1 aromatic rings. The molecular formula is C26H41NaO7S. The van der Waals surface area contributed by atoms with Gasteiger partial charge in [-0.1, -0.05) is 103 Å². The molecule has 7 nitrogen and oxygen atoms in total. The first-order valence-electron chi connectivity index (χ1n) is 12.7. The molecule has 0 saturated heterocycles. The zero-order valence-corrected chi connectivity index (χ0v) is 24.6. The van der Waals surface area contributed by atoms with Crippen molar-refractivity contribution >= 4 is 22.1 Å². The third-order valence-corrected chi connectivity index (χ3v) is 6.69. The van der Waals surface area contributed by atoms with Crippen molar-refractivity contribution in [3.8, 4) is 0 Å². The van der Waals surface area contributed by atoms with Gasteiger partial charge >= 0.3 is 41.5 Å². The molecule has 0 aliphatic heterocycles. The van der Waals surface area contributed by atoms with Crippen LogP contribution in [0, 0.1) is 0 Å². The van der Waals surface area contributed by atoms with E-state index in [4.69, 9.17) is 4.74 Å². The van der Waals surface area contributed by atoms with Crippen molar-refractivity contribution in [2.24, 2.45) is 0 Å². The van der Waals surface area contributed by atoms with E-state index in [-0.39, 0.29) is 47.3 Å². The van der Waals surface area contributed by atoms with Gasteiger partial charge in [0.05, 0.1) is 17.7 Å². The number of rotatable bonds is 19. The van der Waals surface area contributed by atoms with Crippen molar-refractivity contribution in [2.45, 2.75) is 109 Å². The maximum atomic E-state index is 12.4. The fourth-order valence-corrected chi connectivity index (χ4v) is 3.86. The Balaban J connectivity index is 0.0000116. The number of hydrogen-bond acceptors (Lipinski definition) is 7. The summed E-state index contributed by atoms with van der Waals surface area (Å²) in [5.41, 5.74) is -2.00. The van der Waals surface area contributed by atoms with E-state index in [9.17, 15) is 22.6 Å². The number of benzene rings is 1. The number of unbranched alkanes of at least 4 members (excludes halogenated alkanes) is 13. The SMILES string of the molecule is CCCCCCCCCCCCCCCCOC(=O)c1ccccc1C(=O)OC(C)S(=O)(=O)[O-].[Na+]. The second kappa shape index (κ2) is 20.2. The first-order valence-corrected chi connectivity index (χ1v) is 14.2. The smallest absolute Gasteiger partial charge is 0.745 e. The molecule has 0 aliphatic rings. The molecule has 0 fully saturated rings. The van der Waals surface area contributed by atoms with Crippen LogP contribution in [0.15, 0.2) is 24.3 Å². The molecular weight excluding hydrogens is 479 g/mol. The van der Waals surface area contributed by atoms with E-state index in [0.29, 0.717) is 0 Å². The zero-order valence-electron chi connectivity index (χ0n) is 21.8. The Morgan fingerprint density at radius 2 is 1.17 bits per heavy atom. The number of carbonyl (C=O) groups is 2. The first-order chi connectivity index (χ1) is 16.3. The summed E-state index contributed by atoms with van der Waals surface area (Å²) in [5.74, 6) is -1.74. The summed E-state index contributed by atoms with van der Waals surface area (Å²) >= 11 is 0. The molecule has 0 bridgehead atoms. The van der Waals surface area contributed by atoms with Gasteiger partial charge < -0.3 is 14.0 Å². The molecule has 1 aromatic carbocycles. The Labute approximate surface area is 233 Å². The minimum Gasteiger partial charge on any atom is -0.745 e. The Bertz CT molecular complexity index is 827. The fraction of sp³-hybridized carbons (Fsp3) is 0.692. The monoisotopic (exact) mass is 520 g/mol. The predicted octanol–water partition coefficient (Wildman–Crippen LogP) is 3.38. The van der Waals surface area contributed by atoms with Crippen LogP contribution in [-0.2, 0) is 19.6 Å². The Morgan fingerprint density at radius 3 is 1.60 bits per heavy atom. The summed E-state index contributed by atoms with van der Waals surface area (Å²) in [6, 6.07) is 5.81. The predicted molar refractivity (Wildman–Crippen MR) is 132 cm³/mol. The van der Waals surface area contributed by atoms with Gasteiger partial charge in [-0.25, -0.2) is 18.0 Å². The third kappa shape index (κ3) is 15.7. The molecule has 1 unspecified atom stereocenters. The second-order valence-corrected chi connectivity index (χ2v) is 10.4. The fourth-order valence-electron chi connectivity index (χ4n) is 3.65. The molecule has 0 radical (unpaired) electrons. The quantitative estimate of drug-likeness (QED) is 0.119. The molecule has 0 heterocycles. The summed E-state index contributed by atoms with van der Waals surface area (Å²) < 4.78 is 42.8. The Morgan fingerprint density at radius 1 is 0.771 bits per heavy atom. The maximum Gasteiger partial charge on any atom is 1.00 e. The standard InChI is InChI=1S/C26H42O7S.Na/c1-3-4-5-6-7-8-9-10-11-12-13-14-15-18-21-32-25(27)23-19-16-17-20-24(23)26(28)33-22(2)34(29,30)31;/h16-17,19-20,22H,3-15,18,21H2,1-2H3,(H,29,30,31);/q;+1/p-1. The van der Waals surface area contributed by atoms with Crippen LogP contribution in [0.5, 0.6) is 0 Å². The van der Waals surface area contributed by atoms with Crippen molar-refractivity contribution in [1.29, 1.82) is 0 Å². The summed E-state index contributed by atoms with van der Waals surface area (Å²) in [4.78, 5) is 24.6. The van der Waals surface area contributed by atoms with E-state index in [2.05, 4.69) is 11.7 Å². The van der Waals surface area contributed by atoms with Gasteiger partial charge in [0, 0.05) is 0 Å². The normalized spacial score (nSPS) is 12.0. The third-order valence-electron chi connectivity index (χ3n) is 5.78. The molecule has 1 rings (SSSR count). The van der Waals surface area contributed by atoms with Gasteiger partial charge in [0.1, 0.15) is 10.1 Å². The topological polar surface area (TPSA) is 110 Å². The molecule has 0 aromatic heterocycles. The van der Waals surface area contributed by atoms with Crippen molar-refractivity contribution in [3.63, 3.8) is 0 Å². The number of hydrogen-bond donors (Lipinski definition) is 0. The van der Waals surface area contributed by atoms with Gasteiger partial charge in [-0.15, -0.1) is 0 Å². The van der Waals surface area contributed by atoms with Crippen molar-refractivity contribution in [1.82, 2.24) is 0 Å². The van der Waals surface area contributed by atoms with Crippen LogP contribution in [-0.4, -0.2) is 37.0 Å². The van der Waals surface area contributed by atoms with Gasteiger partial charge in [0.2, 0.25) is 0 Å². The summed E-state index contributed by atoms with van der Waals surface area (Å²) in [7, 11) is -4.79. The average Bonchev–Trinajstić information content (AvgIpc) is 2.80. The van der Waals surface area contributed by atoms with Crippen LogP contribution in [0.25, 0.3) is 0 Å². The van der Waals surface area contributed by atoms with Crippen molar-refractivity contribution in [3.05, 3.63) is 35.4 Å². The van der Waals surface area contributed by atoms with E-state index >= 15 is 0 Å². The minimum atomic E-state index is -4.79. The van der Waals surface area contributed by atoms with Crippen LogP contribution in [0.2, 0.25) is 0 Å².